The monoisotopic (exact) mass is 357 g/mol. The molecule has 3 nitrogen and oxygen atoms in total. The molecule has 0 radical (unpaired) electrons. The minimum atomic E-state index is -0.417. The van der Waals surface area contributed by atoms with E-state index in [2.05, 4.69) is 12.1 Å². The SMILES string of the molecule is N#Cc1c(N)c(C#N)c2c(c1-c1ccccc1F)CSc1ccccc1-2. The van der Waals surface area contributed by atoms with Gasteiger partial charge in [-0.25, -0.2) is 4.39 Å². The lowest BCUT2D eigenvalue weighted by atomic mass is 9.84. The predicted molar refractivity (Wildman–Crippen MR) is 101 cm³/mol. The van der Waals surface area contributed by atoms with Crippen LogP contribution >= 0.6 is 11.8 Å². The lowest BCUT2D eigenvalue weighted by Gasteiger charge is -2.25. The second-order valence-corrected chi connectivity index (χ2v) is 6.90. The van der Waals surface area contributed by atoms with E-state index in [1.165, 1.54) is 6.07 Å². The molecular weight excluding hydrogens is 345 g/mol. The molecule has 0 spiro atoms. The van der Waals surface area contributed by atoms with Crippen molar-refractivity contribution < 1.29 is 4.39 Å². The molecule has 0 saturated heterocycles. The van der Waals surface area contributed by atoms with Crippen LogP contribution in [0.15, 0.2) is 53.4 Å². The van der Waals surface area contributed by atoms with Gasteiger partial charge >= 0.3 is 0 Å². The number of hydrogen-bond donors (Lipinski definition) is 1. The van der Waals surface area contributed by atoms with Gasteiger partial charge in [0, 0.05) is 27.3 Å². The van der Waals surface area contributed by atoms with Crippen LogP contribution in [0.2, 0.25) is 0 Å². The van der Waals surface area contributed by atoms with E-state index < -0.39 is 5.82 Å². The molecule has 0 aliphatic carbocycles. The summed E-state index contributed by atoms with van der Waals surface area (Å²) >= 11 is 1.61. The summed E-state index contributed by atoms with van der Waals surface area (Å²) in [5.41, 5.74) is 9.94. The third kappa shape index (κ3) is 2.26. The van der Waals surface area contributed by atoms with Gasteiger partial charge in [-0.1, -0.05) is 36.4 Å². The van der Waals surface area contributed by atoms with Crippen LogP contribution in [0.3, 0.4) is 0 Å². The largest absolute Gasteiger partial charge is 0.397 e. The first kappa shape index (κ1) is 16.2. The number of thioether (sulfide) groups is 1. The zero-order valence-electron chi connectivity index (χ0n) is 13.6. The topological polar surface area (TPSA) is 73.6 Å². The lowest BCUT2D eigenvalue weighted by molar-refractivity contribution is 0.631. The average Bonchev–Trinajstić information content (AvgIpc) is 2.67. The molecular formula is C21H12FN3S. The fourth-order valence-electron chi connectivity index (χ4n) is 3.41. The van der Waals surface area contributed by atoms with Crippen molar-refractivity contribution in [3.63, 3.8) is 0 Å². The Morgan fingerprint density at radius 3 is 2.12 bits per heavy atom. The van der Waals surface area contributed by atoms with Gasteiger partial charge < -0.3 is 5.73 Å². The molecule has 0 atom stereocenters. The number of benzene rings is 3. The number of fused-ring (bicyclic) bond motifs is 3. The van der Waals surface area contributed by atoms with Gasteiger partial charge in [-0.15, -0.1) is 11.8 Å². The van der Waals surface area contributed by atoms with Crippen molar-refractivity contribution in [3.05, 3.63) is 71.0 Å². The van der Waals surface area contributed by atoms with Gasteiger partial charge in [0.05, 0.1) is 16.8 Å². The first-order chi connectivity index (χ1) is 12.7. The lowest BCUT2D eigenvalue weighted by Crippen LogP contribution is -2.09. The maximum atomic E-state index is 14.5. The van der Waals surface area contributed by atoms with Crippen molar-refractivity contribution in [1.82, 2.24) is 0 Å². The van der Waals surface area contributed by atoms with E-state index in [1.807, 2.05) is 24.3 Å². The third-order valence-electron chi connectivity index (χ3n) is 4.54. The molecule has 1 aliphatic heterocycles. The van der Waals surface area contributed by atoms with E-state index in [-0.39, 0.29) is 16.8 Å². The highest BCUT2D eigenvalue weighted by molar-refractivity contribution is 7.98. The maximum absolute atomic E-state index is 14.5. The Labute approximate surface area is 154 Å². The van der Waals surface area contributed by atoms with Gasteiger partial charge in [-0.2, -0.15) is 10.5 Å². The Hall–Kier alpha value is -3.28. The van der Waals surface area contributed by atoms with E-state index in [4.69, 9.17) is 5.73 Å². The van der Waals surface area contributed by atoms with Gasteiger partial charge in [0.1, 0.15) is 18.0 Å². The second kappa shape index (κ2) is 6.22. The number of nitriles is 2. The quantitative estimate of drug-likeness (QED) is 0.616. The molecule has 0 amide bonds. The van der Waals surface area contributed by atoms with Crippen LogP contribution in [0.4, 0.5) is 10.1 Å². The van der Waals surface area contributed by atoms with Crippen LogP contribution < -0.4 is 5.73 Å². The molecule has 5 heteroatoms. The van der Waals surface area contributed by atoms with Gasteiger partial charge in [-0.3, -0.25) is 0 Å². The molecule has 0 unspecified atom stereocenters. The summed E-state index contributed by atoms with van der Waals surface area (Å²) in [5.74, 6) is 0.124. The highest BCUT2D eigenvalue weighted by atomic mass is 32.2. The number of anilines is 1. The number of rotatable bonds is 1. The molecule has 2 N–H and O–H groups in total. The summed E-state index contributed by atoms with van der Waals surface area (Å²) in [6, 6.07) is 18.3. The van der Waals surface area contributed by atoms with Gasteiger partial charge in [0.2, 0.25) is 0 Å². The Balaban J connectivity index is 2.20. The van der Waals surface area contributed by atoms with E-state index >= 15 is 0 Å². The first-order valence-electron chi connectivity index (χ1n) is 7.93. The first-order valence-corrected chi connectivity index (χ1v) is 8.91. The van der Waals surface area contributed by atoms with Gasteiger partial charge in [-0.05, 0) is 23.3 Å². The van der Waals surface area contributed by atoms with Crippen LogP contribution in [0, 0.1) is 28.5 Å². The van der Waals surface area contributed by atoms with Crippen LogP contribution in [-0.4, -0.2) is 0 Å². The number of nitrogen functional groups attached to an aromatic ring is 1. The molecule has 3 aromatic carbocycles. The molecule has 1 aliphatic rings. The van der Waals surface area contributed by atoms with Crippen molar-refractivity contribution >= 4 is 17.4 Å². The molecule has 0 bridgehead atoms. The van der Waals surface area contributed by atoms with Gasteiger partial charge in [0.15, 0.2) is 0 Å². The predicted octanol–water partition coefficient (Wildman–Crippen LogP) is 5.09. The molecule has 0 fully saturated rings. The summed E-state index contributed by atoms with van der Waals surface area (Å²) in [5, 5.41) is 19.4. The van der Waals surface area contributed by atoms with Crippen molar-refractivity contribution in [2.24, 2.45) is 0 Å². The Bertz CT molecular complexity index is 1140. The summed E-state index contributed by atoms with van der Waals surface area (Å²) < 4.78 is 14.5. The van der Waals surface area contributed by atoms with Crippen LogP contribution in [0.5, 0.6) is 0 Å². The van der Waals surface area contributed by atoms with E-state index in [0.717, 1.165) is 16.0 Å². The molecule has 124 valence electrons. The van der Waals surface area contributed by atoms with Gasteiger partial charge in [0.25, 0.3) is 0 Å². The van der Waals surface area contributed by atoms with E-state index in [9.17, 15) is 14.9 Å². The average molecular weight is 357 g/mol. The number of nitrogens with two attached hydrogens (primary N) is 1. The van der Waals surface area contributed by atoms with Crippen LogP contribution in [0.1, 0.15) is 16.7 Å². The number of halogens is 1. The standard InChI is InChI=1S/C21H12FN3S/c22-17-7-3-1-5-12(17)19-14(9-23)21(25)15(10-24)20-13-6-2-4-8-18(13)26-11-16(19)20/h1-8H,11,25H2. The fourth-order valence-corrected chi connectivity index (χ4v) is 4.49. The molecule has 3 aromatic rings. The molecule has 0 saturated carbocycles. The van der Waals surface area contributed by atoms with Crippen LogP contribution in [0.25, 0.3) is 22.3 Å². The van der Waals surface area contributed by atoms with Crippen molar-refractivity contribution in [2.45, 2.75) is 10.6 Å². The maximum Gasteiger partial charge on any atom is 0.131 e. The summed E-state index contributed by atoms with van der Waals surface area (Å²) in [6.45, 7) is 0. The van der Waals surface area contributed by atoms with Crippen LogP contribution in [-0.2, 0) is 5.75 Å². The zero-order chi connectivity index (χ0) is 18.3. The highest BCUT2D eigenvalue weighted by Gasteiger charge is 2.29. The summed E-state index contributed by atoms with van der Waals surface area (Å²) in [7, 11) is 0. The Kier molecular flexibility index (Phi) is 3.88. The molecule has 1 heterocycles. The van der Waals surface area contributed by atoms with E-state index in [1.54, 1.807) is 30.0 Å². The highest BCUT2D eigenvalue weighted by Crippen LogP contribution is 2.49. The van der Waals surface area contributed by atoms with Crippen molar-refractivity contribution in [3.8, 4) is 34.4 Å². The molecule has 4 rings (SSSR count). The molecule has 26 heavy (non-hydrogen) atoms. The summed E-state index contributed by atoms with van der Waals surface area (Å²) in [6.07, 6.45) is 0. The third-order valence-corrected chi connectivity index (χ3v) is 5.64. The normalized spacial score (nSPS) is 11.8. The second-order valence-electron chi connectivity index (χ2n) is 5.88. The Morgan fingerprint density at radius 2 is 1.46 bits per heavy atom. The number of nitrogens with zero attached hydrogens (tertiary/aromatic N) is 2. The minimum absolute atomic E-state index is 0.105. The molecule has 0 aromatic heterocycles. The Morgan fingerprint density at radius 1 is 0.885 bits per heavy atom. The fraction of sp³-hybridized carbons (Fsp3) is 0.0476. The zero-order valence-corrected chi connectivity index (χ0v) is 14.4. The smallest absolute Gasteiger partial charge is 0.131 e. The minimum Gasteiger partial charge on any atom is -0.397 e. The summed E-state index contributed by atoms with van der Waals surface area (Å²) in [4.78, 5) is 1.04. The van der Waals surface area contributed by atoms with E-state index in [0.29, 0.717) is 22.4 Å². The number of hydrogen-bond acceptors (Lipinski definition) is 4. The van der Waals surface area contributed by atoms with Crippen molar-refractivity contribution in [1.29, 1.82) is 10.5 Å². The van der Waals surface area contributed by atoms with Crippen molar-refractivity contribution in [2.75, 3.05) is 5.73 Å².